The van der Waals surface area contributed by atoms with Crippen LogP contribution in [0.3, 0.4) is 0 Å². The summed E-state index contributed by atoms with van der Waals surface area (Å²) in [6.07, 6.45) is 3.88. The number of piperidine rings is 1. The summed E-state index contributed by atoms with van der Waals surface area (Å²) in [5.74, 6) is 0. The SMILES string of the molecule is CC1(c2cccc(Br)c2)CCCCN1.Cl. The van der Waals surface area contributed by atoms with E-state index in [2.05, 4.69) is 52.4 Å². The summed E-state index contributed by atoms with van der Waals surface area (Å²) in [4.78, 5) is 0. The third-order valence-electron chi connectivity index (χ3n) is 3.08. The second-order valence-electron chi connectivity index (χ2n) is 4.23. The van der Waals surface area contributed by atoms with Gasteiger partial charge in [0.15, 0.2) is 0 Å². The van der Waals surface area contributed by atoms with E-state index in [1.54, 1.807) is 0 Å². The number of hydrogen-bond acceptors (Lipinski definition) is 1. The first kappa shape index (κ1) is 13.0. The maximum absolute atomic E-state index is 3.62. The van der Waals surface area contributed by atoms with Crippen LogP contribution in [-0.2, 0) is 5.54 Å². The Morgan fingerprint density at radius 2 is 2.13 bits per heavy atom. The van der Waals surface area contributed by atoms with Gasteiger partial charge in [0.05, 0.1) is 0 Å². The van der Waals surface area contributed by atoms with Crippen LogP contribution in [0.4, 0.5) is 0 Å². The fraction of sp³-hybridized carbons (Fsp3) is 0.500. The first-order valence-electron chi connectivity index (χ1n) is 5.22. The van der Waals surface area contributed by atoms with E-state index in [1.165, 1.54) is 29.3 Å². The molecule has 1 nitrogen and oxygen atoms in total. The zero-order valence-electron chi connectivity index (χ0n) is 8.92. The van der Waals surface area contributed by atoms with Gasteiger partial charge in [0, 0.05) is 10.0 Å². The van der Waals surface area contributed by atoms with Crippen molar-refractivity contribution in [3.63, 3.8) is 0 Å². The third-order valence-corrected chi connectivity index (χ3v) is 3.57. The predicted octanol–water partition coefficient (Wildman–Crippen LogP) is 3.86. The van der Waals surface area contributed by atoms with Gasteiger partial charge < -0.3 is 5.32 Å². The average Bonchev–Trinajstić information content (AvgIpc) is 2.19. The fourth-order valence-electron chi connectivity index (χ4n) is 2.13. The topological polar surface area (TPSA) is 12.0 Å². The Labute approximate surface area is 106 Å². The van der Waals surface area contributed by atoms with E-state index in [-0.39, 0.29) is 17.9 Å². The van der Waals surface area contributed by atoms with E-state index in [9.17, 15) is 0 Å². The van der Waals surface area contributed by atoms with Crippen molar-refractivity contribution in [3.05, 3.63) is 34.3 Å². The highest BCUT2D eigenvalue weighted by Crippen LogP contribution is 2.30. The molecule has 1 aliphatic heterocycles. The Hall–Kier alpha value is -0.0500. The van der Waals surface area contributed by atoms with Crippen LogP contribution in [0.5, 0.6) is 0 Å². The Bertz CT molecular complexity index is 321. The number of rotatable bonds is 1. The predicted molar refractivity (Wildman–Crippen MR) is 70.6 cm³/mol. The molecule has 0 spiro atoms. The lowest BCUT2D eigenvalue weighted by atomic mass is 9.84. The molecule has 0 aliphatic carbocycles. The van der Waals surface area contributed by atoms with Crippen molar-refractivity contribution < 1.29 is 0 Å². The number of benzene rings is 1. The van der Waals surface area contributed by atoms with Crippen LogP contribution in [0.15, 0.2) is 28.7 Å². The quantitative estimate of drug-likeness (QED) is 0.828. The van der Waals surface area contributed by atoms with E-state index in [0.29, 0.717) is 0 Å². The van der Waals surface area contributed by atoms with Gasteiger partial charge in [0.1, 0.15) is 0 Å². The van der Waals surface area contributed by atoms with Gasteiger partial charge in [-0.25, -0.2) is 0 Å². The second-order valence-corrected chi connectivity index (χ2v) is 5.14. The maximum Gasteiger partial charge on any atom is 0.0406 e. The van der Waals surface area contributed by atoms with Crippen molar-refractivity contribution in [3.8, 4) is 0 Å². The Morgan fingerprint density at radius 1 is 1.33 bits per heavy atom. The third kappa shape index (κ3) is 2.96. The number of hydrogen-bond donors (Lipinski definition) is 1. The van der Waals surface area contributed by atoms with Gasteiger partial charge in [0.2, 0.25) is 0 Å². The smallest absolute Gasteiger partial charge is 0.0406 e. The highest BCUT2D eigenvalue weighted by Gasteiger charge is 2.27. The van der Waals surface area contributed by atoms with Gasteiger partial charge >= 0.3 is 0 Å². The molecule has 1 aliphatic rings. The van der Waals surface area contributed by atoms with Crippen molar-refractivity contribution >= 4 is 28.3 Å². The molecule has 1 N–H and O–H groups in total. The molecule has 0 saturated carbocycles. The molecule has 0 amide bonds. The van der Waals surface area contributed by atoms with Gasteiger partial charge in [-0.2, -0.15) is 0 Å². The largest absolute Gasteiger partial charge is 0.308 e. The molecule has 84 valence electrons. The summed E-state index contributed by atoms with van der Waals surface area (Å²) in [6.45, 7) is 3.44. The molecule has 1 saturated heterocycles. The molecule has 0 aromatic heterocycles. The first-order chi connectivity index (χ1) is 6.71. The lowest BCUT2D eigenvalue weighted by Crippen LogP contribution is -2.43. The van der Waals surface area contributed by atoms with Crippen molar-refractivity contribution in [1.29, 1.82) is 0 Å². The molecule has 1 aromatic rings. The fourth-order valence-corrected chi connectivity index (χ4v) is 2.53. The Morgan fingerprint density at radius 3 is 2.73 bits per heavy atom. The molecule has 0 bridgehead atoms. The summed E-state index contributed by atoms with van der Waals surface area (Å²) in [5, 5.41) is 3.62. The van der Waals surface area contributed by atoms with Crippen LogP contribution in [0, 0.1) is 0 Å². The summed E-state index contributed by atoms with van der Waals surface area (Å²) >= 11 is 3.53. The molecule has 2 rings (SSSR count). The van der Waals surface area contributed by atoms with Crippen molar-refractivity contribution in [2.24, 2.45) is 0 Å². The van der Waals surface area contributed by atoms with Gasteiger partial charge in [-0.15, -0.1) is 12.4 Å². The van der Waals surface area contributed by atoms with Gasteiger partial charge in [0.25, 0.3) is 0 Å². The summed E-state index contributed by atoms with van der Waals surface area (Å²) in [6, 6.07) is 8.62. The Kier molecular flexibility index (Phi) is 4.63. The zero-order chi connectivity index (χ0) is 10.0. The highest BCUT2D eigenvalue weighted by atomic mass is 79.9. The van der Waals surface area contributed by atoms with Crippen LogP contribution >= 0.6 is 28.3 Å². The summed E-state index contributed by atoms with van der Waals surface area (Å²) in [5.41, 5.74) is 1.58. The number of halogens is 2. The van der Waals surface area contributed by atoms with Gasteiger partial charge in [-0.3, -0.25) is 0 Å². The van der Waals surface area contributed by atoms with E-state index in [0.717, 1.165) is 6.54 Å². The molecule has 0 radical (unpaired) electrons. The average molecular weight is 291 g/mol. The molecule has 3 heteroatoms. The van der Waals surface area contributed by atoms with Crippen molar-refractivity contribution in [2.45, 2.75) is 31.7 Å². The molecule has 1 heterocycles. The van der Waals surface area contributed by atoms with E-state index >= 15 is 0 Å². The first-order valence-corrected chi connectivity index (χ1v) is 6.01. The van der Waals surface area contributed by atoms with Crippen LogP contribution in [-0.4, -0.2) is 6.54 Å². The van der Waals surface area contributed by atoms with Crippen molar-refractivity contribution in [1.82, 2.24) is 5.32 Å². The maximum atomic E-state index is 3.62. The normalized spacial score (nSPS) is 25.7. The second kappa shape index (κ2) is 5.33. The summed E-state index contributed by atoms with van der Waals surface area (Å²) in [7, 11) is 0. The molecular formula is C12H17BrClN. The van der Waals surface area contributed by atoms with E-state index < -0.39 is 0 Å². The molecule has 1 fully saturated rings. The monoisotopic (exact) mass is 289 g/mol. The number of nitrogens with one attached hydrogen (secondary N) is 1. The standard InChI is InChI=1S/C12H16BrN.ClH/c1-12(7-2-3-8-14-12)10-5-4-6-11(13)9-10;/h4-6,9,14H,2-3,7-8H2,1H3;1H. The minimum Gasteiger partial charge on any atom is -0.308 e. The van der Waals surface area contributed by atoms with Gasteiger partial charge in [-0.1, -0.05) is 34.5 Å². The van der Waals surface area contributed by atoms with Crippen LogP contribution in [0.25, 0.3) is 0 Å². The van der Waals surface area contributed by atoms with Gasteiger partial charge in [-0.05, 0) is 44.0 Å². The minimum absolute atomic E-state index is 0. The lowest BCUT2D eigenvalue weighted by Gasteiger charge is -2.35. The van der Waals surface area contributed by atoms with E-state index in [1.807, 2.05) is 0 Å². The zero-order valence-corrected chi connectivity index (χ0v) is 11.3. The van der Waals surface area contributed by atoms with Crippen LogP contribution in [0.2, 0.25) is 0 Å². The van der Waals surface area contributed by atoms with E-state index in [4.69, 9.17) is 0 Å². The molecule has 1 unspecified atom stereocenters. The van der Waals surface area contributed by atoms with Crippen LogP contribution < -0.4 is 5.32 Å². The molecule has 1 aromatic carbocycles. The minimum atomic E-state index is 0. The molecule has 1 atom stereocenters. The lowest BCUT2D eigenvalue weighted by molar-refractivity contribution is 0.283. The highest BCUT2D eigenvalue weighted by molar-refractivity contribution is 9.10. The van der Waals surface area contributed by atoms with Crippen LogP contribution in [0.1, 0.15) is 31.7 Å². The molecule has 15 heavy (non-hydrogen) atoms. The summed E-state index contributed by atoms with van der Waals surface area (Å²) < 4.78 is 1.17. The molecular weight excluding hydrogens is 273 g/mol. The Balaban J connectivity index is 0.00000112. The van der Waals surface area contributed by atoms with Crippen molar-refractivity contribution in [2.75, 3.05) is 6.54 Å².